The highest BCUT2D eigenvalue weighted by molar-refractivity contribution is 5.55. The topological polar surface area (TPSA) is 24.8 Å². The summed E-state index contributed by atoms with van der Waals surface area (Å²) in [5.74, 6) is 0.420. The van der Waals surface area contributed by atoms with Crippen LogP contribution < -0.4 is 0 Å². The second-order valence-electron chi connectivity index (χ2n) is 1.81. The van der Waals surface area contributed by atoms with Gasteiger partial charge < -0.3 is 9.64 Å². The molecule has 52 valence electrons. The lowest BCUT2D eigenvalue weighted by Crippen LogP contribution is -2.07. The van der Waals surface area contributed by atoms with Crippen molar-refractivity contribution in [3.63, 3.8) is 0 Å². The van der Waals surface area contributed by atoms with Crippen LogP contribution in [-0.4, -0.2) is 32.4 Å². The van der Waals surface area contributed by atoms with E-state index in [1.165, 1.54) is 7.11 Å². The van der Waals surface area contributed by atoms with Crippen LogP contribution in [0.4, 0.5) is 0 Å². The summed E-state index contributed by atoms with van der Waals surface area (Å²) in [6.45, 7) is 3.50. The predicted molar refractivity (Wildman–Crippen MR) is 38.3 cm³/mol. The van der Waals surface area contributed by atoms with Crippen molar-refractivity contribution >= 4 is 6.34 Å². The molecule has 0 unspecified atom stereocenters. The van der Waals surface area contributed by atoms with Crippen LogP contribution in [0.15, 0.2) is 17.5 Å². The monoisotopic (exact) mass is 128 g/mol. The van der Waals surface area contributed by atoms with Gasteiger partial charge in [0.05, 0.1) is 13.4 Å². The first-order valence-electron chi connectivity index (χ1n) is 2.60. The summed E-state index contributed by atoms with van der Waals surface area (Å²) >= 11 is 0. The Balaban J connectivity index is 3.57. The molecule has 0 fully saturated rings. The van der Waals surface area contributed by atoms with E-state index in [4.69, 9.17) is 0 Å². The van der Waals surface area contributed by atoms with Crippen LogP contribution in [0.25, 0.3) is 0 Å². The van der Waals surface area contributed by atoms with Crippen LogP contribution in [0.3, 0.4) is 0 Å². The summed E-state index contributed by atoms with van der Waals surface area (Å²) in [5, 5.41) is 0. The maximum absolute atomic E-state index is 4.68. The molecular formula is C6H12N2O. The quantitative estimate of drug-likeness (QED) is 0.317. The summed E-state index contributed by atoms with van der Waals surface area (Å²) in [7, 11) is 5.30. The van der Waals surface area contributed by atoms with Gasteiger partial charge in [-0.15, -0.1) is 0 Å². The van der Waals surface area contributed by atoms with Crippen molar-refractivity contribution in [3.8, 4) is 0 Å². The second kappa shape index (κ2) is 3.95. The van der Waals surface area contributed by atoms with E-state index in [1.807, 2.05) is 19.0 Å². The molecule has 0 aromatic rings. The first-order valence-corrected chi connectivity index (χ1v) is 2.60. The standard InChI is InChI=1S/C6H12N2O/c1-6(9-4)7-5-8(2)3/h5H,1H2,2-4H3. The lowest BCUT2D eigenvalue weighted by atomic mass is 10.9. The van der Waals surface area contributed by atoms with E-state index in [1.54, 1.807) is 6.34 Å². The molecule has 0 rings (SSSR count). The minimum Gasteiger partial charge on any atom is -0.481 e. The first kappa shape index (κ1) is 8.01. The fourth-order valence-electron chi connectivity index (χ4n) is 0.233. The molecular weight excluding hydrogens is 116 g/mol. The maximum atomic E-state index is 4.68. The molecule has 0 saturated carbocycles. The van der Waals surface area contributed by atoms with Crippen molar-refractivity contribution in [2.24, 2.45) is 4.99 Å². The van der Waals surface area contributed by atoms with Gasteiger partial charge in [-0.25, -0.2) is 4.99 Å². The van der Waals surface area contributed by atoms with Gasteiger partial charge in [0, 0.05) is 14.1 Å². The van der Waals surface area contributed by atoms with E-state index >= 15 is 0 Å². The molecule has 0 aromatic carbocycles. The molecule has 0 N–H and O–H groups in total. The average molecular weight is 128 g/mol. The molecule has 0 bridgehead atoms. The fourth-order valence-corrected chi connectivity index (χ4v) is 0.233. The van der Waals surface area contributed by atoms with Crippen molar-refractivity contribution in [2.75, 3.05) is 21.2 Å². The lowest BCUT2D eigenvalue weighted by molar-refractivity contribution is 0.290. The Morgan fingerprint density at radius 3 is 2.56 bits per heavy atom. The van der Waals surface area contributed by atoms with Gasteiger partial charge in [0.2, 0.25) is 5.88 Å². The predicted octanol–water partition coefficient (Wildman–Crippen LogP) is 0.694. The van der Waals surface area contributed by atoms with E-state index in [-0.39, 0.29) is 0 Å². The molecule has 0 amide bonds. The number of nitrogens with zero attached hydrogens (tertiary/aromatic N) is 2. The van der Waals surface area contributed by atoms with E-state index < -0.39 is 0 Å². The molecule has 3 nitrogen and oxygen atoms in total. The van der Waals surface area contributed by atoms with Crippen LogP contribution in [0, 0.1) is 0 Å². The van der Waals surface area contributed by atoms with Crippen molar-refractivity contribution in [1.82, 2.24) is 4.90 Å². The summed E-state index contributed by atoms with van der Waals surface area (Å²) in [5.41, 5.74) is 0. The summed E-state index contributed by atoms with van der Waals surface area (Å²) < 4.78 is 4.68. The Bertz CT molecular complexity index is 118. The van der Waals surface area contributed by atoms with Crippen molar-refractivity contribution in [3.05, 3.63) is 12.5 Å². The zero-order valence-electron chi connectivity index (χ0n) is 6.09. The molecule has 0 radical (unpaired) electrons. The highest BCUT2D eigenvalue weighted by Gasteiger charge is 1.81. The number of hydrogen-bond donors (Lipinski definition) is 0. The number of aliphatic imine (C=N–C) groups is 1. The SMILES string of the molecule is C=C(N=CN(C)C)OC. The summed E-state index contributed by atoms with van der Waals surface area (Å²) in [4.78, 5) is 5.64. The largest absolute Gasteiger partial charge is 0.481 e. The molecule has 0 aromatic heterocycles. The molecule has 0 aliphatic heterocycles. The van der Waals surface area contributed by atoms with Gasteiger partial charge in [0.15, 0.2) is 0 Å². The smallest absolute Gasteiger partial charge is 0.206 e. The van der Waals surface area contributed by atoms with Crippen LogP contribution in [-0.2, 0) is 4.74 Å². The molecule has 0 heterocycles. The van der Waals surface area contributed by atoms with Crippen LogP contribution in [0.1, 0.15) is 0 Å². The van der Waals surface area contributed by atoms with E-state index in [0.717, 1.165) is 0 Å². The Morgan fingerprint density at radius 2 is 2.22 bits per heavy atom. The highest BCUT2D eigenvalue weighted by Crippen LogP contribution is 1.88. The fraction of sp³-hybridized carbons (Fsp3) is 0.500. The highest BCUT2D eigenvalue weighted by atomic mass is 16.5. The van der Waals surface area contributed by atoms with Gasteiger partial charge in [0.1, 0.15) is 0 Å². The van der Waals surface area contributed by atoms with E-state index in [0.29, 0.717) is 5.88 Å². The lowest BCUT2D eigenvalue weighted by Gasteiger charge is -2.02. The van der Waals surface area contributed by atoms with E-state index in [9.17, 15) is 0 Å². The minimum atomic E-state index is 0.420. The zero-order chi connectivity index (χ0) is 7.28. The average Bonchev–Trinajstić information content (AvgIpc) is 1.83. The van der Waals surface area contributed by atoms with Gasteiger partial charge in [-0.1, -0.05) is 0 Å². The Hall–Kier alpha value is -0.990. The summed E-state index contributed by atoms with van der Waals surface area (Å²) in [6, 6.07) is 0. The van der Waals surface area contributed by atoms with Gasteiger partial charge in [0.25, 0.3) is 0 Å². The molecule has 3 heteroatoms. The Labute approximate surface area is 55.6 Å². The number of ether oxygens (including phenoxy) is 1. The second-order valence-corrected chi connectivity index (χ2v) is 1.81. The van der Waals surface area contributed by atoms with Gasteiger partial charge in [-0.3, -0.25) is 0 Å². The molecule has 0 spiro atoms. The van der Waals surface area contributed by atoms with Crippen molar-refractivity contribution in [1.29, 1.82) is 0 Å². The maximum Gasteiger partial charge on any atom is 0.206 e. The number of hydrogen-bond acceptors (Lipinski definition) is 2. The van der Waals surface area contributed by atoms with E-state index in [2.05, 4.69) is 16.3 Å². The Morgan fingerprint density at radius 1 is 1.67 bits per heavy atom. The molecule has 0 saturated heterocycles. The Kier molecular flexibility index (Phi) is 3.51. The molecule has 0 aliphatic carbocycles. The third kappa shape index (κ3) is 4.87. The molecule has 0 atom stereocenters. The minimum absolute atomic E-state index is 0.420. The van der Waals surface area contributed by atoms with Crippen molar-refractivity contribution < 1.29 is 4.74 Å². The third-order valence-corrected chi connectivity index (χ3v) is 0.668. The third-order valence-electron chi connectivity index (χ3n) is 0.668. The molecule has 0 aliphatic rings. The number of rotatable bonds is 3. The van der Waals surface area contributed by atoms with Crippen molar-refractivity contribution in [2.45, 2.75) is 0 Å². The first-order chi connectivity index (χ1) is 4.16. The van der Waals surface area contributed by atoms with Crippen LogP contribution in [0.5, 0.6) is 0 Å². The number of methoxy groups -OCH3 is 1. The van der Waals surface area contributed by atoms with Gasteiger partial charge in [-0.05, 0) is 6.58 Å². The van der Waals surface area contributed by atoms with Gasteiger partial charge in [-0.2, -0.15) is 0 Å². The molecule has 9 heavy (non-hydrogen) atoms. The normalized spacial score (nSPS) is 9.67. The summed E-state index contributed by atoms with van der Waals surface area (Å²) in [6.07, 6.45) is 1.63. The zero-order valence-corrected chi connectivity index (χ0v) is 6.09. The van der Waals surface area contributed by atoms with Gasteiger partial charge >= 0.3 is 0 Å². The van der Waals surface area contributed by atoms with Crippen LogP contribution in [0.2, 0.25) is 0 Å². The van der Waals surface area contributed by atoms with Crippen LogP contribution >= 0.6 is 0 Å².